The summed E-state index contributed by atoms with van der Waals surface area (Å²) in [7, 11) is -2.89. The molecule has 1 atom stereocenters. The molecule has 0 spiro atoms. The van der Waals surface area contributed by atoms with E-state index in [2.05, 4.69) is 9.46 Å². The van der Waals surface area contributed by atoms with Crippen LogP contribution in [-0.4, -0.2) is 37.8 Å². The number of nitrogens with one attached hydrogen (secondary N) is 1. The highest BCUT2D eigenvalue weighted by Crippen LogP contribution is 2.28. The zero-order chi connectivity index (χ0) is 23.4. The average Bonchev–Trinajstić information content (AvgIpc) is 2.71. The molecule has 0 saturated carbocycles. The Bertz CT molecular complexity index is 1040. The zero-order valence-electron chi connectivity index (χ0n) is 18.6. The van der Waals surface area contributed by atoms with Gasteiger partial charge in [0.25, 0.3) is 10.0 Å². The fourth-order valence-electron chi connectivity index (χ4n) is 3.06. The van der Waals surface area contributed by atoms with E-state index in [-0.39, 0.29) is 21.6 Å². The molecule has 0 aromatic heterocycles. The van der Waals surface area contributed by atoms with Gasteiger partial charge in [-0.05, 0) is 60.1 Å². The molecule has 31 heavy (non-hydrogen) atoms. The summed E-state index contributed by atoms with van der Waals surface area (Å²) in [6.07, 6.45) is 1.23. The second kappa shape index (κ2) is 9.70. The number of ether oxygens (including phenoxy) is 1. The fraction of sp³-hybridized carbons (Fsp3) is 0.435. The van der Waals surface area contributed by atoms with Gasteiger partial charge in [0.1, 0.15) is 11.3 Å². The number of phenols is 1. The number of carbonyl (C=O) groups is 1. The van der Waals surface area contributed by atoms with Crippen molar-refractivity contribution in [3.8, 4) is 5.75 Å². The highest BCUT2D eigenvalue weighted by atomic mass is 32.2. The number of benzene rings is 2. The van der Waals surface area contributed by atoms with E-state index in [0.717, 1.165) is 36.8 Å². The summed E-state index contributed by atoms with van der Waals surface area (Å²) < 4.78 is 33.1. The molecule has 170 valence electrons. The molecule has 2 rings (SSSR count). The first-order valence-corrected chi connectivity index (χ1v) is 11.6. The predicted molar refractivity (Wildman–Crippen MR) is 120 cm³/mol. The second-order valence-electron chi connectivity index (χ2n) is 8.54. The molecule has 1 unspecified atom stereocenters. The van der Waals surface area contributed by atoms with Crippen molar-refractivity contribution in [1.29, 1.82) is 0 Å². The Morgan fingerprint density at radius 2 is 1.84 bits per heavy atom. The minimum atomic E-state index is -4.03. The maximum atomic E-state index is 13.0. The first-order chi connectivity index (χ1) is 14.4. The third-order valence-corrected chi connectivity index (χ3v) is 6.56. The lowest BCUT2D eigenvalue weighted by molar-refractivity contribution is 0.0560. The van der Waals surface area contributed by atoms with Gasteiger partial charge in [-0.15, -0.1) is 0 Å². The van der Waals surface area contributed by atoms with Crippen LogP contribution in [0.5, 0.6) is 5.75 Å². The molecule has 7 nitrogen and oxygen atoms in total. The summed E-state index contributed by atoms with van der Waals surface area (Å²) >= 11 is 0. The third-order valence-electron chi connectivity index (χ3n) is 5.19. The van der Waals surface area contributed by atoms with Crippen molar-refractivity contribution in [3.63, 3.8) is 0 Å². The maximum Gasteiger partial charge on any atom is 0.341 e. The lowest BCUT2D eigenvalue weighted by Crippen LogP contribution is -2.26. The minimum Gasteiger partial charge on any atom is -0.507 e. The third kappa shape index (κ3) is 6.21. The summed E-state index contributed by atoms with van der Waals surface area (Å²) in [6, 6.07) is 8.92. The van der Waals surface area contributed by atoms with Crippen LogP contribution in [0.4, 0.5) is 5.69 Å². The highest BCUT2D eigenvalue weighted by molar-refractivity contribution is 7.92. The van der Waals surface area contributed by atoms with Crippen molar-refractivity contribution in [2.45, 2.75) is 58.0 Å². The molecule has 0 amide bonds. The molecule has 0 heterocycles. The van der Waals surface area contributed by atoms with E-state index < -0.39 is 22.1 Å². The van der Waals surface area contributed by atoms with Crippen molar-refractivity contribution in [3.05, 3.63) is 53.1 Å². The van der Waals surface area contributed by atoms with E-state index in [1.807, 2.05) is 39.8 Å². The van der Waals surface area contributed by atoms with Crippen LogP contribution in [0.15, 0.2) is 41.3 Å². The number of aromatic hydroxyl groups is 1. The number of sulfonamides is 1. The summed E-state index contributed by atoms with van der Waals surface area (Å²) in [5, 5.41) is 20.2. The molecule has 0 aliphatic carbocycles. The molecule has 2 aromatic carbocycles. The van der Waals surface area contributed by atoms with E-state index in [9.17, 15) is 23.4 Å². The first kappa shape index (κ1) is 24.7. The number of anilines is 1. The SMILES string of the molecule is CCc1ccc(NS(=O)(=O)c2ccc(O)c(C(=O)OC)c2)c(CCC(O)C(C)(C)C)c1. The van der Waals surface area contributed by atoms with E-state index in [4.69, 9.17) is 0 Å². The van der Waals surface area contributed by atoms with Crippen LogP contribution in [-0.2, 0) is 27.6 Å². The number of aliphatic hydroxyl groups excluding tert-OH is 1. The fourth-order valence-corrected chi connectivity index (χ4v) is 4.18. The smallest absolute Gasteiger partial charge is 0.341 e. The van der Waals surface area contributed by atoms with Gasteiger partial charge in [0.15, 0.2) is 0 Å². The molecule has 8 heteroatoms. The summed E-state index contributed by atoms with van der Waals surface area (Å²) in [5.41, 5.74) is 1.73. The van der Waals surface area contributed by atoms with Gasteiger partial charge in [-0.1, -0.05) is 39.8 Å². The average molecular weight is 450 g/mol. The Kier molecular flexibility index (Phi) is 7.72. The van der Waals surface area contributed by atoms with Crippen molar-refractivity contribution >= 4 is 21.7 Å². The Balaban J connectivity index is 2.37. The van der Waals surface area contributed by atoms with Gasteiger partial charge < -0.3 is 14.9 Å². The maximum absolute atomic E-state index is 13.0. The van der Waals surface area contributed by atoms with E-state index >= 15 is 0 Å². The quantitative estimate of drug-likeness (QED) is 0.527. The predicted octanol–water partition coefficient (Wildman–Crippen LogP) is 3.88. The highest BCUT2D eigenvalue weighted by Gasteiger charge is 2.24. The van der Waals surface area contributed by atoms with E-state index in [1.54, 1.807) is 6.07 Å². The topological polar surface area (TPSA) is 113 Å². The number of methoxy groups -OCH3 is 1. The molecule has 0 fully saturated rings. The number of aliphatic hydroxyl groups is 1. The van der Waals surface area contributed by atoms with Gasteiger partial charge in [-0.3, -0.25) is 4.72 Å². The van der Waals surface area contributed by atoms with Crippen molar-refractivity contribution in [1.82, 2.24) is 0 Å². The Morgan fingerprint density at radius 1 is 1.16 bits per heavy atom. The standard InChI is InChI=1S/C23H31NO6S/c1-6-15-7-10-19(16(13-15)8-12-21(26)23(2,3)4)24-31(28,29)17-9-11-20(25)18(14-17)22(27)30-5/h7,9-11,13-14,21,24-26H,6,8,12H2,1-5H3. The molecule has 0 bridgehead atoms. The number of esters is 1. The Hall–Kier alpha value is -2.58. The van der Waals surface area contributed by atoms with Crippen molar-refractivity contribution < 1.29 is 28.2 Å². The van der Waals surface area contributed by atoms with E-state index in [0.29, 0.717) is 18.5 Å². The molecule has 0 aliphatic heterocycles. The number of hydrogen-bond donors (Lipinski definition) is 3. The van der Waals surface area contributed by atoms with Gasteiger partial charge in [0, 0.05) is 0 Å². The Labute approximate surface area is 184 Å². The molecular weight excluding hydrogens is 418 g/mol. The lowest BCUT2D eigenvalue weighted by atomic mass is 9.85. The van der Waals surface area contributed by atoms with E-state index in [1.165, 1.54) is 6.07 Å². The zero-order valence-corrected chi connectivity index (χ0v) is 19.4. The van der Waals surface area contributed by atoms with Crippen LogP contribution in [0.1, 0.15) is 55.6 Å². The molecule has 2 aromatic rings. The number of hydrogen-bond acceptors (Lipinski definition) is 6. The van der Waals surface area contributed by atoms with Crippen LogP contribution in [0.2, 0.25) is 0 Å². The van der Waals surface area contributed by atoms with Crippen LogP contribution in [0.25, 0.3) is 0 Å². The largest absolute Gasteiger partial charge is 0.507 e. The monoisotopic (exact) mass is 449 g/mol. The number of aryl methyl sites for hydroxylation is 2. The second-order valence-corrected chi connectivity index (χ2v) is 10.2. The van der Waals surface area contributed by atoms with Crippen LogP contribution in [0, 0.1) is 5.41 Å². The van der Waals surface area contributed by atoms with Gasteiger partial charge in [-0.25, -0.2) is 13.2 Å². The molecule has 3 N–H and O–H groups in total. The molecule has 0 saturated heterocycles. The number of carbonyl (C=O) groups excluding carboxylic acids is 1. The van der Waals surface area contributed by atoms with Gasteiger partial charge in [0.2, 0.25) is 0 Å². The van der Waals surface area contributed by atoms with Gasteiger partial charge in [-0.2, -0.15) is 0 Å². The normalized spacial score (nSPS) is 13.0. The number of rotatable bonds is 8. The molecule has 0 radical (unpaired) electrons. The Morgan fingerprint density at radius 3 is 2.42 bits per heavy atom. The summed E-state index contributed by atoms with van der Waals surface area (Å²) in [6.45, 7) is 7.87. The van der Waals surface area contributed by atoms with Crippen molar-refractivity contribution in [2.24, 2.45) is 5.41 Å². The van der Waals surface area contributed by atoms with Gasteiger partial charge in [0.05, 0.1) is 23.8 Å². The lowest BCUT2D eigenvalue weighted by Gasteiger charge is -2.26. The first-order valence-electron chi connectivity index (χ1n) is 10.1. The van der Waals surface area contributed by atoms with Gasteiger partial charge >= 0.3 is 5.97 Å². The van der Waals surface area contributed by atoms with Crippen LogP contribution >= 0.6 is 0 Å². The minimum absolute atomic E-state index is 0.175. The van der Waals surface area contributed by atoms with Crippen molar-refractivity contribution in [2.75, 3.05) is 11.8 Å². The van der Waals surface area contributed by atoms with Crippen LogP contribution < -0.4 is 4.72 Å². The molecular formula is C23H31NO6S. The molecule has 0 aliphatic rings. The van der Waals surface area contributed by atoms with Crippen LogP contribution in [0.3, 0.4) is 0 Å². The number of phenolic OH excluding ortho intramolecular Hbond substituents is 1. The summed E-state index contributed by atoms with van der Waals surface area (Å²) in [4.78, 5) is 11.6. The summed E-state index contributed by atoms with van der Waals surface area (Å²) in [5.74, 6) is -1.20.